The van der Waals surface area contributed by atoms with Gasteiger partial charge in [0.15, 0.2) is 4.80 Å². The largest absolute Gasteiger partial charge is 0.491 e. The fourth-order valence-corrected chi connectivity index (χ4v) is 5.62. The van der Waals surface area contributed by atoms with Gasteiger partial charge in [-0.3, -0.25) is 9.36 Å². The highest BCUT2D eigenvalue weighted by atomic mass is 35.5. The van der Waals surface area contributed by atoms with Crippen molar-refractivity contribution < 1.29 is 14.3 Å². The molecule has 4 rings (SSSR count). The number of carbonyl (C=O) groups excluding carboxylic acids is 1. The molecule has 0 fully saturated rings. The van der Waals surface area contributed by atoms with E-state index in [1.165, 1.54) is 18.4 Å². The highest BCUT2D eigenvalue weighted by Crippen LogP contribution is 2.34. The number of aromatic nitrogens is 1. The van der Waals surface area contributed by atoms with Crippen LogP contribution in [0.1, 0.15) is 44.4 Å². The number of halogens is 2. The van der Waals surface area contributed by atoms with Crippen LogP contribution in [0.15, 0.2) is 63.5 Å². The minimum absolute atomic E-state index is 0.282. The molecule has 36 heavy (non-hydrogen) atoms. The van der Waals surface area contributed by atoms with Gasteiger partial charge in [0.25, 0.3) is 5.56 Å². The summed E-state index contributed by atoms with van der Waals surface area (Å²) < 4.78 is 13.0. The van der Waals surface area contributed by atoms with E-state index in [2.05, 4.69) is 4.99 Å². The molecule has 1 aliphatic heterocycles. The first-order valence-electron chi connectivity index (χ1n) is 11.5. The number of allylic oxidation sites excluding steroid dienone is 1. The van der Waals surface area contributed by atoms with Crippen molar-refractivity contribution in [3.8, 4) is 5.75 Å². The van der Waals surface area contributed by atoms with Crippen molar-refractivity contribution in [1.82, 2.24) is 4.57 Å². The van der Waals surface area contributed by atoms with Gasteiger partial charge in [0.1, 0.15) is 5.75 Å². The lowest BCUT2D eigenvalue weighted by atomic mass is 9.95. The molecule has 0 amide bonds. The number of rotatable bonds is 7. The summed E-state index contributed by atoms with van der Waals surface area (Å²) in [6.07, 6.45) is 2.22. The predicted molar refractivity (Wildman–Crippen MR) is 144 cm³/mol. The third-order valence-corrected chi connectivity index (χ3v) is 7.13. The van der Waals surface area contributed by atoms with Crippen molar-refractivity contribution in [2.45, 2.75) is 33.2 Å². The standard InChI is InChI=1S/C27H26Cl2N2O4S/c1-5-20-22(26(33)34-4)23(16-9-7-6-8-10-16)31-25(32)21(36-27(31)30-20)12-17-11-18(28)13-19(29)24(17)35-14-15(2)3/h6-13,15,23H,5,14H2,1-4H3/b21-12+/t23-/m0/s1. The Morgan fingerprint density at radius 3 is 2.58 bits per heavy atom. The molecule has 0 bridgehead atoms. The molecule has 0 N–H and O–H groups in total. The van der Waals surface area contributed by atoms with Crippen LogP contribution in [-0.2, 0) is 9.53 Å². The highest BCUT2D eigenvalue weighted by Gasteiger charge is 2.33. The van der Waals surface area contributed by atoms with Gasteiger partial charge in [-0.1, -0.05) is 85.6 Å². The van der Waals surface area contributed by atoms with Gasteiger partial charge in [-0.25, -0.2) is 9.79 Å². The number of fused-ring (bicyclic) bond motifs is 1. The van der Waals surface area contributed by atoms with Crippen molar-refractivity contribution >= 4 is 46.6 Å². The third kappa shape index (κ3) is 5.14. The molecule has 2 aromatic carbocycles. The highest BCUT2D eigenvalue weighted by molar-refractivity contribution is 7.07. The summed E-state index contributed by atoms with van der Waals surface area (Å²) in [5, 5.41) is 0.796. The van der Waals surface area contributed by atoms with E-state index in [1.54, 1.807) is 22.8 Å². The number of benzene rings is 2. The molecule has 0 aliphatic carbocycles. The molecule has 1 aromatic heterocycles. The van der Waals surface area contributed by atoms with Gasteiger partial charge in [-0.05, 0) is 36.1 Å². The van der Waals surface area contributed by atoms with Gasteiger partial charge in [0, 0.05) is 10.6 Å². The van der Waals surface area contributed by atoms with Gasteiger partial charge in [-0.2, -0.15) is 0 Å². The third-order valence-electron chi connectivity index (χ3n) is 5.65. The Morgan fingerprint density at radius 2 is 1.94 bits per heavy atom. The lowest BCUT2D eigenvalue weighted by Gasteiger charge is -2.25. The maximum Gasteiger partial charge on any atom is 0.338 e. The molecule has 1 atom stereocenters. The molecule has 0 spiro atoms. The van der Waals surface area contributed by atoms with Crippen LogP contribution in [-0.4, -0.2) is 24.3 Å². The number of hydrogen-bond donors (Lipinski definition) is 0. The Kier molecular flexibility index (Phi) is 8.03. The van der Waals surface area contributed by atoms with Gasteiger partial charge < -0.3 is 9.47 Å². The summed E-state index contributed by atoms with van der Waals surface area (Å²) in [6, 6.07) is 12.1. The van der Waals surface area contributed by atoms with E-state index in [1.807, 2.05) is 51.1 Å². The van der Waals surface area contributed by atoms with Gasteiger partial charge >= 0.3 is 5.97 Å². The van der Waals surface area contributed by atoms with Crippen LogP contribution in [0, 0.1) is 5.92 Å². The average molecular weight is 545 g/mol. The smallest absolute Gasteiger partial charge is 0.338 e. The number of esters is 1. The lowest BCUT2D eigenvalue weighted by Crippen LogP contribution is -2.40. The Hall–Kier alpha value is -2.87. The molecule has 2 heterocycles. The Labute approximate surface area is 223 Å². The van der Waals surface area contributed by atoms with E-state index in [0.717, 1.165) is 5.56 Å². The van der Waals surface area contributed by atoms with Gasteiger partial charge in [-0.15, -0.1) is 0 Å². The SMILES string of the molecule is CCC1=C(C(=O)OC)[C@H](c2ccccc2)n2c(s/c(=C/c3cc(Cl)cc(Cl)c3OCC(C)C)c2=O)=N1. The number of methoxy groups -OCH3 is 1. The van der Waals surface area contributed by atoms with Crippen LogP contribution in [0.3, 0.4) is 0 Å². The minimum Gasteiger partial charge on any atom is -0.491 e. The van der Waals surface area contributed by atoms with E-state index in [0.29, 0.717) is 55.0 Å². The number of hydrogen-bond acceptors (Lipinski definition) is 6. The molecule has 0 unspecified atom stereocenters. The Morgan fingerprint density at radius 1 is 1.22 bits per heavy atom. The second kappa shape index (κ2) is 11.0. The van der Waals surface area contributed by atoms with Crippen molar-refractivity contribution in [2.75, 3.05) is 13.7 Å². The van der Waals surface area contributed by atoms with Crippen molar-refractivity contribution in [3.63, 3.8) is 0 Å². The molecule has 3 aromatic rings. The number of nitrogens with zero attached hydrogens (tertiary/aromatic N) is 2. The van der Waals surface area contributed by atoms with E-state index < -0.39 is 12.0 Å². The number of ether oxygens (including phenoxy) is 2. The molecular formula is C27H26Cl2N2O4S. The first-order valence-corrected chi connectivity index (χ1v) is 13.1. The molecule has 6 nitrogen and oxygen atoms in total. The zero-order chi connectivity index (χ0) is 26.0. The van der Waals surface area contributed by atoms with Crippen LogP contribution in [0.5, 0.6) is 5.75 Å². The Balaban J connectivity index is 1.97. The Bertz CT molecular complexity index is 1510. The van der Waals surface area contributed by atoms with Gasteiger partial charge in [0.05, 0.1) is 40.6 Å². The normalized spacial score (nSPS) is 15.6. The quantitative estimate of drug-likeness (QED) is 0.386. The van der Waals surface area contributed by atoms with E-state index in [9.17, 15) is 9.59 Å². The van der Waals surface area contributed by atoms with E-state index in [-0.39, 0.29) is 11.5 Å². The van der Waals surface area contributed by atoms with Crippen LogP contribution in [0.2, 0.25) is 10.0 Å². The van der Waals surface area contributed by atoms with E-state index >= 15 is 0 Å². The molecule has 1 aliphatic rings. The van der Waals surface area contributed by atoms with Crippen LogP contribution in [0.4, 0.5) is 0 Å². The maximum absolute atomic E-state index is 13.8. The minimum atomic E-state index is -0.661. The average Bonchev–Trinajstić information content (AvgIpc) is 3.16. The van der Waals surface area contributed by atoms with Crippen molar-refractivity contribution in [2.24, 2.45) is 10.9 Å². The summed E-state index contributed by atoms with van der Waals surface area (Å²) in [5.74, 6) is 0.236. The first kappa shape index (κ1) is 26.2. The maximum atomic E-state index is 13.8. The number of carbonyl (C=O) groups is 1. The summed E-state index contributed by atoms with van der Waals surface area (Å²) in [5.41, 5.74) is 2.05. The molecule has 0 saturated heterocycles. The molecule has 9 heteroatoms. The second-order valence-corrected chi connectivity index (χ2v) is 10.6. The molecule has 0 saturated carbocycles. The second-order valence-electron chi connectivity index (χ2n) is 8.71. The number of thiazole rings is 1. The fraction of sp³-hybridized carbons (Fsp3) is 0.296. The monoisotopic (exact) mass is 544 g/mol. The van der Waals surface area contributed by atoms with Crippen molar-refractivity contribution in [1.29, 1.82) is 0 Å². The summed E-state index contributed by atoms with van der Waals surface area (Å²) >= 11 is 14.0. The predicted octanol–water partition coefficient (Wildman–Crippen LogP) is 5.14. The lowest BCUT2D eigenvalue weighted by molar-refractivity contribution is -0.136. The van der Waals surface area contributed by atoms with Crippen LogP contribution in [0.25, 0.3) is 6.08 Å². The van der Waals surface area contributed by atoms with Crippen LogP contribution < -0.4 is 19.6 Å². The van der Waals surface area contributed by atoms with Crippen molar-refractivity contribution in [3.05, 3.63) is 94.6 Å². The molecule has 0 radical (unpaired) electrons. The van der Waals surface area contributed by atoms with Crippen LogP contribution >= 0.6 is 34.5 Å². The topological polar surface area (TPSA) is 69.9 Å². The fourth-order valence-electron chi connectivity index (χ4n) is 4.05. The summed E-state index contributed by atoms with van der Waals surface area (Å²) in [4.78, 5) is 31.9. The summed E-state index contributed by atoms with van der Waals surface area (Å²) in [7, 11) is 1.33. The first-order chi connectivity index (χ1) is 17.2. The zero-order valence-corrected chi connectivity index (χ0v) is 22.7. The molecule has 188 valence electrons. The summed E-state index contributed by atoms with van der Waals surface area (Å²) in [6.45, 7) is 6.45. The van der Waals surface area contributed by atoms with Gasteiger partial charge in [0.2, 0.25) is 0 Å². The zero-order valence-electron chi connectivity index (χ0n) is 20.4. The van der Waals surface area contributed by atoms with E-state index in [4.69, 9.17) is 32.7 Å². The molecular weight excluding hydrogens is 519 g/mol.